The summed E-state index contributed by atoms with van der Waals surface area (Å²) in [6, 6.07) is 54.8. The predicted octanol–water partition coefficient (Wildman–Crippen LogP) is 11.1. The Morgan fingerprint density at radius 1 is 0.396 bits per heavy atom. The van der Waals surface area contributed by atoms with E-state index in [1.807, 2.05) is 0 Å². The monoisotopic (exact) mass is 610 g/mol. The Kier molecular flexibility index (Phi) is 5.08. The van der Waals surface area contributed by atoms with Crippen LogP contribution in [0.25, 0.3) is 99.4 Å². The number of rotatable bonds is 3. The molecule has 48 heavy (non-hydrogen) atoms. The van der Waals surface area contributed by atoms with Crippen molar-refractivity contribution in [1.29, 1.82) is 0 Å². The molecule has 11 rings (SSSR count). The van der Waals surface area contributed by atoms with Crippen LogP contribution in [0.5, 0.6) is 0 Å². The first kappa shape index (κ1) is 25.6. The zero-order valence-electron chi connectivity index (χ0n) is 25.8. The molecule has 0 spiro atoms. The molecule has 0 saturated carbocycles. The molecule has 10 aromatic rings. The van der Waals surface area contributed by atoms with E-state index in [1.54, 1.807) is 6.33 Å². The summed E-state index contributed by atoms with van der Waals surface area (Å²) >= 11 is 0. The van der Waals surface area contributed by atoms with Gasteiger partial charge in [0.2, 0.25) is 0 Å². The van der Waals surface area contributed by atoms with E-state index < -0.39 is 0 Å². The van der Waals surface area contributed by atoms with Gasteiger partial charge in [0.15, 0.2) is 0 Å². The Balaban J connectivity index is 1.15. The van der Waals surface area contributed by atoms with Crippen LogP contribution in [0.4, 0.5) is 0 Å². The van der Waals surface area contributed by atoms with Crippen molar-refractivity contribution in [2.45, 2.75) is 0 Å². The summed E-state index contributed by atoms with van der Waals surface area (Å²) < 4.78 is 4.80. The molecule has 4 heteroatoms. The molecule has 0 unspecified atom stereocenters. The minimum absolute atomic E-state index is 0.956. The molecule has 0 aliphatic heterocycles. The van der Waals surface area contributed by atoms with Gasteiger partial charge in [-0.1, -0.05) is 109 Å². The maximum Gasteiger partial charge on any atom is 0.116 e. The highest BCUT2D eigenvalue weighted by Gasteiger charge is 2.26. The molecule has 0 fully saturated rings. The third-order valence-electron chi connectivity index (χ3n) is 10.1. The van der Waals surface area contributed by atoms with Crippen LogP contribution in [-0.4, -0.2) is 19.1 Å². The highest BCUT2D eigenvalue weighted by atomic mass is 15.0. The first-order chi connectivity index (χ1) is 23.8. The van der Waals surface area contributed by atoms with Crippen molar-refractivity contribution in [3.8, 4) is 45.0 Å². The molecule has 3 aromatic heterocycles. The average molecular weight is 611 g/mol. The second kappa shape index (κ2) is 9.50. The van der Waals surface area contributed by atoms with Crippen molar-refractivity contribution in [3.63, 3.8) is 0 Å². The van der Waals surface area contributed by atoms with Crippen LogP contribution in [0.3, 0.4) is 0 Å². The lowest BCUT2D eigenvalue weighted by Crippen LogP contribution is -1.98. The van der Waals surface area contributed by atoms with Crippen molar-refractivity contribution in [2.24, 2.45) is 0 Å². The highest BCUT2D eigenvalue weighted by Crippen LogP contribution is 2.49. The van der Waals surface area contributed by atoms with Crippen LogP contribution >= 0.6 is 0 Å². The minimum atomic E-state index is 0.956. The smallest absolute Gasteiger partial charge is 0.116 e. The minimum Gasteiger partial charge on any atom is -0.309 e. The molecule has 7 aromatic carbocycles. The summed E-state index contributed by atoms with van der Waals surface area (Å²) in [5.41, 5.74) is 13.5. The zero-order valence-corrected chi connectivity index (χ0v) is 25.8. The maximum atomic E-state index is 4.92. The molecule has 1 aliphatic rings. The van der Waals surface area contributed by atoms with Gasteiger partial charge in [0.1, 0.15) is 6.33 Å². The van der Waals surface area contributed by atoms with Gasteiger partial charge in [0.25, 0.3) is 0 Å². The summed E-state index contributed by atoms with van der Waals surface area (Å²) in [5, 5.41) is 7.47. The van der Waals surface area contributed by atoms with E-state index in [0.717, 1.165) is 39.4 Å². The molecule has 222 valence electrons. The van der Waals surface area contributed by atoms with Crippen LogP contribution in [-0.2, 0) is 0 Å². The van der Waals surface area contributed by atoms with Crippen molar-refractivity contribution < 1.29 is 0 Å². The molecule has 0 N–H and O–H groups in total. The van der Waals surface area contributed by atoms with Gasteiger partial charge in [-0.15, -0.1) is 0 Å². The summed E-state index contributed by atoms with van der Waals surface area (Å²) in [4.78, 5) is 9.72. The van der Waals surface area contributed by atoms with Gasteiger partial charge >= 0.3 is 0 Å². The fourth-order valence-electron chi connectivity index (χ4n) is 8.18. The summed E-state index contributed by atoms with van der Waals surface area (Å²) in [6.45, 7) is 0. The largest absolute Gasteiger partial charge is 0.309 e. The fourth-order valence-corrected chi connectivity index (χ4v) is 8.18. The quantitative estimate of drug-likeness (QED) is 0.199. The topological polar surface area (TPSA) is 35.6 Å². The number of fused-ring (bicyclic) bond motifs is 9. The Labute approximate surface area is 275 Å². The highest BCUT2D eigenvalue weighted by molar-refractivity contribution is 6.17. The number of hydrogen-bond donors (Lipinski definition) is 0. The Morgan fingerprint density at radius 3 is 1.67 bits per heavy atom. The normalized spacial score (nSPS) is 12.2. The Morgan fingerprint density at radius 2 is 0.958 bits per heavy atom. The summed E-state index contributed by atoms with van der Waals surface area (Å²) in [5.74, 6) is 0. The standard InChI is InChI=1S/C44H26N4/c1-4-19-37-31(14-1)32-15-2-5-20-38(32)47(37)30-22-23-34-33-16-3-6-21-39(33)48(40(34)25-30)29-13-7-12-28(24-29)43-42-35-17-8-10-27-11-9-18-36(41(27)35)44(42)46-26-45-43/h1-26H. The summed E-state index contributed by atoms with van der Waals surface area (Å²) in [6.07, 6.45) is 1.71. The van der Waals surface area contributed by atoms with Gasteiger partial charge in [0, 0.05) is 49.6 Å². The van der Waals surface area contributed by atoms with Gasteiger partial charge in [-0.2, -0.15) is 0 Å². The molecule has 4 nitrogen and oxygen atoms in total. The van der Waals surface area contributed by atoms with Gasteiger partial charge in [-0.25, -0.2) is 9.97 Å². The second-order valence-electron chi connectivity index (χ2n) is 12.6. The number of nitrogens with zero attached hydrogens (tertiary/aromatic N) is 4. The Hall–Kier alpha value is -6.52. The lowest BCUT2D eigenvalue weighted by molar-refractivity contribution is 1.15. The van der Waals surface area contributed by atoms with Crippen molar-refractivity contribution in [1.82, 2.24) is 19.1 Å². The van der Waals surface area contributed by atoms with E-state index in [1.165, 1.54) is 60.0 Å². The molecule has 0 atom stereocenters. The van der Waals surface area contributed by atoms with Crippen LogP contribution in [0.15, 0.2) is 158 Å². The van der Waals surface area contributed by atoms with Crippen LogP contribution in [0.1, 0.15) is 0 Å². The van der Waals surface area contributed by atoms with Gasteiger partial charge < -0.3 is 9.13 Å². The molecule has 0 bridgehead atoms. The maximum absolute atomic E-state index is 4.92. The second-order valence-corrected chi connectivity index (χ2v) is 12.6. The van der Waals surface area contributed by atoms with E-state index in [4.69, 9.17) is 9.97 Å². The molecule has 1 aliphatic carbocycles. The molecular formula is C44H26N4. The molecule has 0 amide bonds. The number of para-hydroxylation sites is 3. The van der Waals surface area contributed by atoms with Crippen LogP contribution in [0, 0.1) is 0 Å². The van der Waals surface area contributed by atoms with Gasteiger partial charge in [-0.05, 0) is 58.8 Å². The van der Waals surface area contributed by atoms with Crippen LogP contribution in [0.2, 0.25) is 0 Å². The fraction of sp³-hybridized carbons (Fsp3) is 0. The SMILES string of the molecule is c1cc(-c2ncnc3c2-c2cccc4cccc-3c24)cc(-n2c3ccccc3c3ccc(-n4c5ccccc5c5ccccc54)cc32)c1. The lowest BCUT2D eigenvalue weighted by atomic mass is 9.99. The van der Waals surface area contributed by atoms with E-state index in [-0.39, 0.29) is 0 Å². The van der Waals surface area contributed by atoms with Gasteiger partial charge in [-0.3, -0.25) is 0 Å². The third-order valence-corrected chi connectivity index (χ3v) is 10.1. The van der Waals surface area contributed by atoms with Gasteiger partial charge in [0.05, 0.1) is 33.5 Å². The first-order valence-corrected chi connectivity index (χ1v) is 16.3. The molecule has 0 saturated heterocycles. The summed E-state index contributed by atoms with van der Waals surface area (Å²) in [7, 11) is 0. The Bertz CT molecular complexity index is 2900. The third kappa shape index (κ3) is 3.38. The van der Waals surface area contributed by atoms with Crippen LogP contribution < -0.4 is 0 Å². The van der Waals surface area contributed by atoms with Crippen molar-refractivity contribution >= 4 is 54.4 Å². The number of aromatic nitrogens is 4. The molecule has 3 heterocycles. The number of hydrogen-bond acceptors (Lipinski definition) is 2. The van der Waals surface area contributed by atoms with E-state index >= 15 is 0 Å². The van der Waals surface area contributed by atoms with Crippen molar-refractivity contribution in [3.05, 3.63) is 158 Å². The lowest BCUT2D eigenvalue weighted by Gasteiger charge is -2.13. The van der Waals surface area contributed by atoms with E-state index in [0.29, 0.717) is 0 Å². The average Bonchev–Trinajstić information content (AvgIpc) is 3.78. The number of benzene rings is 7. The van der Waals surface area contributed by atoms with Crippen molar-refractivity contribution in [2.75, 3.05) is 0 Å². The van der Waals surface area contributed by atoms with E-state index in [9.17, 15) is 0 Å². The predicted molar refractivity (Wildman–Crippen MR) is 198 cm³/mol. The molecular weight excluding hydrogens is 585 g/mol. The zero-order chi connectivity index (χ0) is 31.3. The van der Waals surface area contributed by atoms with E-state index in [2.05, 4.69) is 161 Å². The first-order valence-electron chi connectivity index (χ1n) is 16.3. The molecule has 0 radical (unpaired) electrons.